The van der Waals surface area contributed by atoms with Gasteiger partial charge in [0.2, 0.25) is 0 Å². The summed E-state index contributed by atoms with van der Waals surface area (Å²) in [7, 11) is 1.87. The van der Waals surface area contributed by atoms with Crippen LogP contribution < -0.4 is 10.6 Å². The van der Waals surface area contributed by atoms with E-state index in [0.29, 0.717) is 6.54 Å². The Morgan fingerprint density at radius 2 is 1.96 bits per heavy atom. The van der Waals surface area contributed by atoms with Crippen LogP contribution in [0.2, 0.25) is 0 Å². The molecule has 2 N–H and O–H groups in total. The molecule has 0 saturated carbocycles. The van der Waals surface area contributed by atoms with Gasteiger partial charge in [-0.05, 0) is 45.0 Å². The second-order valence-corrected chi connectivity index (χ2v) is 8.86. The second kappa shape index (κ2) is 11.1. The lowest BCUT2D eigenvalue weighted by atomic mass is 10.2. The molecule has 2 aromatic rings. The van der Waals surface area contributed by atoms with Crippen LogP contribution in [-0.2, 0) is 13.6 Å². The smallest absolute Gasteiger partial charge is 0.191 e. The number of aromatic nitrogens is 3. The van der Waals surface area contributed by atoms with Gasteiger partial charge < -0.3 is 10.6 Å². The first-order valence-electron chi connectivity index (χ1n) is 8.19. The minimum Gasteiger partial charge on any atom is -0.357 e. The normalized spacial score (nSPS) is 11.8. The number of guanidine groups is 1. The zero-order chi connectivity index (χ0) is 18.3. The fourth-order valence-corrected chi connectivity index (χ4v) is 3.43. The van der Waals surface area contributed by atoms with Crippen LogP contribution in [0.5, 0.6) is 0 Å². The highest BCUT2D eigenvalue weighted by Gasteiger charge is 2.20. The van der Waals surface area contributed by atoms with Crippen molar-refractivity contribution in [3.05, 3.63) is 40.9 Å². The molecule has 0 fully saturated rings. The molecule has 0 unspecified atom stereocenters. The van der Waals surface area contributed by atoms with Crippen molar-refractivity contribution in [3.63, 3.8) is 0 Å². The Kier molecular flexibility index (Phi) is 9.94. The molecule has 0 radical (unpaired) electrons. The molecule has 1 aromatic heterocycles. The number of halogens is 2. The van der Waals surface area contributed by atoms with Gasteiger partial charge in [0.05, 0.1) is 0 Å². The minimum atomic E-state index is 0. The molecule has 9 heteroatoms. The van der Waals surface area contributed by atoms with E-state index in [9.17, 15) is 0 Å². The average molecular weight is 553 g/mol. The van der Waals surface area contributed by atoms with Crippen molar-refractivity contribution in [1.82, 2.24) is 25.4 Å². The summed E-state index contributed by atoms with van der Waals surface area (Å²) in [6.07, 6.45) is 1.54. The lowest BCUT2D eigenvalue weighted by Crippen LogP contribution is -2.43. The number of aryl methyl sites for hydroxylation is 1. The van der Waals surface area contributed by atoms with Crippen molar-refractivity contribution in [2.45, 2.75) is 37.0 Å². The Labute approximate surface area is 185 Å². The van der Waals surface area contributed by atoms with Crippen LogP contribution in [0.3, 0.4) is 0 Å². The first-order valence-corrected chi connectivity index (χ1v) is 9.80. The number of aliphatic imine (C=N–C) groups is 1. The molecule has 0 amide bonds. The zero-order valence-corrected chi connectivity index (χ0v) is 20.2. The van der Waals surface area contributed by atoms with Gasteiger partial charge in [0, 0.05) is 34.3 Å². The van der Waals surface area contributed by atoms with Crippen molar-refractivity contribution in [1.29, 1.82) is 0 Å². The molecule has 1 heterocycles. The third-order valence-electron chi connectivity index (χ3n) is 3.42. The summed E-state index contributed by atoms with van der Waals surface area (Å²) in [5.74, 6) is 1.62. The number of benzene rings is 1. The lowest BCUT2D eigenvalue weighted by Gasteiger charge is -2.25. The summed E-state index contributed by atoms with van der Waals surface area (Å²) in [6, 6.07) is 8.39. The van der Waals surface area contributed by atoms with Gasteiger partial charge in [-0.3, -0.25) is 4.68 Å². The summed E-state index contributed by atoms with van der Waals surface area (Å²) in [5, 5.41) is 10.8. The number of rotatable bonds is 7. The molecule has 0 aliphatic carbocycles. The highest BCUT2D eigenvalue weighted by atomic mass is 127. The Morgan fingerprint density at radius 1 is 1.27 bits per heavy atom. The molecule has 0 atom stereocenters. The fourth-order valence-electron chi connectivity index (χ4n) is 2.11. The van der Waals surface area contributed by atoms with Gasteiger partial charge in [-0.15, -0.1) is 35.7 Å². The number of nitrogens with one attached hydrogen (secondary N) is 2. The molecule has 0 spiro atoms. The predicted molar refractivity (Wildman–Crippen MR) is 123 cm³/mol. The van der Waals surface area contributed by atoms with Crippen molar-refractivity contribution >= 4 is 57.6 Å². The van der Waals surface area contributed by atoms with Crippen LogP contribution in [-0.4, -0.2) is 38.6 Å². The molecule has 144 valence electrons. The van der Waals surface area contributed by atoms with E-state index in [0.717, 1.165) is 29.3 Å². The topological polar surface area (TPSA) is 67.1 Å². The van der Waals surface area contributed by atoms with Gasteiger partial charge in [0.15, 0.2) is 5.96 Å². The molecule has 1 aromatic carbocycles. The summed E-state index contributed by atoms with van der Waals surface area (Å²) < 4.78 is 2.85. The van der Waals surface area contributed by atoms with Crippen LogP contribution in [0, 0.1) is 0 Å². The summed E-state index contributed by atoms with van der Waals surface area (Å²) in [5.41, 5.74) is 0. The van der Waals surface area contributed by atoms with E-state index in [2.05, 4.69) is 86.7 Å². The average Bonchev–Trinajstić information content (AvgIpc) is 2.97. The molecular formula is C17H26BrIN6S. The van der Waals surface area contributed by atoms with Gasteiger partial charge in [-0.2, -0.15) is 5.10 Å². The molecule has 6 nitrogen and oxygen atoms in total. The lowest BCUT2D eigenvalue weighted by molar-refractivity contribution is 0.658. The first-order chi connectivity index (χ1) is 11.9. The third kappa shape index (κ3) is 7.83. The quantitative estimate of drug-likeness (QED) is 0.236. The standard InChI is InChI=1S/C17H25BrN6S.HI/c1-5-19-16(20-10-15-22-12-23-24(15)4)21-11-17(2,3)25-14-8-6-13(18)7-9-14;/h6-9,12H,5,10-11H2,1-4H3,(H2,19,20,21);1H. The molecule has 0 aliphatic heterocycles. The van der Waals surface area contributed by atoms with Gasteiger partial charge in [0.25, 0.3) is 0 Å². The van der Waals surface area contributed by atoms with Gasteiger partial charge >= 0.3 is 0 Å². The Balaban J connectivity index is 0.00000338. The van der Waals surface area contributed by atoms with Crippen LogP contribution >= 0.6 is 51.7 Å². The maximum Gasteiger partial charge on any atom is 0.191 e. The largest absolute Gasteiger partial charge is 0.357 e. The highest BCUT2D eigenvalue weighted by Crippen LogP contribution is 2.32. The number of thioether (sulfide) groups is 1. The third-order valence-corrected chi connectivity index (χ3v) is 5.15. The predicted octanol–water partition coefficient (Wildman–Crippen LogP) is 3.82. The monoisotopic (exact) mass is 552 g/mol. The van der Waals surface area contributed by atoms with Gasteiger partial charge in [0.1, 0.15) is 18.7 Å². The maximum absolute atomic E-state index is 4.59. The van der Waals surface area contributed by atoms with E-state index in [1.54, 1.807) is 11.0 Å². The zero-order valence-electron chi connectivity index (χ0n) is 15.5. The van der Waals surface area contributed by atoms with Gasteiger partial charge in [-0.25, -0.2) is 9.98 Å². The summed E-state index contributed by atoms with van der Waals surface area (Å²) in [4.78, 5) is 10.0. The van der Waals surface area contributed by atoms with E-state index < -0.39 is 0 Å². The maximum atomic E-state index is 4.59. The van der Waals surface area contributed by atoms with E-state index in [1.807, 2.05) is 18.8 Å². The van der Waals surface area contributed by atoms with Crippen molar-refractivity contribution in [3.8, 4) is 0 Å². The van der Waals surface area contributed by atoms with Crippen LogP contribution in [0.15, 0.2) is 45.0 Å². The SMILES string of the molecule is CCNC(=NCc1ncnn1C)NCC(C)(C)Sc1ccc(Br)cc1.I. The van der Waals surface area contributed by atoms with Gasteiger partial charge in [-0.1, -0.05) is 15.9 Å². The van der Waals surface area contributed by atoms with E-state index in [-0.39, 0.29) is 28.7 Å². The number of hydrogen-bond acceptors (Lipinski definition) is 4. The van der Waals surface area contributed by atoms with Crippen LogP contribution in [0.25, 0.3) is 0 Å². The molecule has 26 heavy (non-hydrogen) atoms. The second-order valence-electron chi connectivity index (χ2n) is 6.16. The molecule has 0 aliphatic rings. The number of hydrogen-bond donors (Lipinski definition) is 2. The van der Waals surface area contributed by atoms with Crippen LogP contribution in [0.4, 0.5) is 0 Å². The van der Waals surface area contributed by atoms with E-state index >= 15 is 0 Å². The molecule has 0 bridgehead atoms. The molecular weight excluding hydrogens is 527 g/mol. The summed E-state index contributed by atoms with van der Waals surface area (Å²) >= 11 is 5.31. The van der Waals surface area contributed by atoms with Crippen molar-refractivity contribution < 1.29 is 0 Å². The minimum absolute atomic E-state index is 0. The van der Waals surface area contributed by atoms with E-state index in [4.69, 9.17) is 0 Å². The summed E-state index contributed by atoms with van der Waals surface area (Å²) in [6.45, 7) is 8.59. The Hall–Kier alpha value is -0.810. The van der Waals surface area contributed by atoms with Crippen molar-refractivity contribution in [2.24, 2.45) is 12.0 Å². The Morgan fingerprint density at radius 3 is 2.54 bits per heavy atom. The molecule has 0 saturated heterocycles. The van der Waals surface area contributed by atoms with Crippen molar-refractivity contribution in [2.75, 3.05) is 13.1 Å². The fraction of sp³-hybridized carbons (Fsp3) is 0.471. The number of nitrogens with zero attached hydrogens (tertiary/aromatic N) is 4. The Bertz CT molecular complexity index is 702. The first kappa shape index (κ1) is 23.2. The molecule has 2 rings (SSSR count). The van der Waals surface area contributed by atoms with E-state index in [1.165, 1.54) is 4.90 Å². The van der Waals surface area contributed by atoms with Crippen LogP contribution in [0.1, 0.15) is 26.6 Å². The highest BCUT2D eigenvalue weighted by molar-refractivity contribution is 14.0.